The van der Waals surface area contributed by atoms with Crippen LogP contribution in [0.2, 0.25) is 20.1 Å². The molecule has 0 fully saturated rings. The molecule has 1 aromatic heterocycles. The number of halogens is 4. The Morgan fingerprint density at radius 3 is 2.03 bits per heavy atom. The van der Waals surface area contributed by atoms with E-state index in [4.69, 9.17) is 46.4 Å². The molecule has 176 valence electrons. The highest BCUT2D eigenvalue weighted by Crippen LogP contribution is 2.45. The van der Waals surface area contributed by atoms with E-state index in [1.54, 1.807) is 24.3 Å². The molecule has 5 rings (SSSR count). The Kier molecular flexibility index (Phi) is 6.46. The van der Waals surface area contributed by atoms with Crippen molar-refractivity contribution in [1.29, 1.82) is 0 Å². The van der Waals surface area contributed by atoms with Gasteiger partial charge < -0.3 is 5.32 Å². The standard InChI is InChI=1S/C24H13Cl4N3O3S/c25-17-15-16(18(26)20(28)19(17)27)23(34)31(22(15)33)13(10-11-6-2-1-3-7-11)21(32)30-24-29-12-8-4-5-9-14(12)35-24/h1-9,13H,10H2,(H,29,30,32). The molecule has 0 bridgehead atoms. The van der Waals surface area contributed by atoms with Crippen molar-refractivity contribution in [3.63, 3.8) is 0 Å². The summed E-state index contributed by atoms with van der Waals surface area (Å²) in [5.41, 5.74) is 1.10. The van der Waals surface area contributed by atoms with Gasteiger partial charge in [0.25, 0.3) is 11.8 Å². The third-order valence-corrected chi connectivity index (χ3v) is 8.30. The predicted molar refractivity (Wildman–Crippen MR) is 139 cm³/mol. The zero-order chi connectivity index (χ0) is 24.9. The molecule has 1 unspecified atom stereocenters. The second kappa shape index (κ2) is 9.41. The second-order valence-corrected chi connectivity index (χ2v) is 10.2. The number of benzene rings is 3. The zero-order valence-corrected chi connectivity index (χ0v) is 21.4. The lowest BCUT2D eigenvalue weighted by molar-refractivity contribution is -0.119. The number of carbonyl (C=O) groups is 3. The summed E-state index contributed by atoms with van der Waals surface area (Å²) in [6.07, 6.45) is 0.0553. The minimum absolute atomic E-state index is 0.0553. The Labute approximate surface area is 223 Å². The van der Waals surface area contributed by atoms with Gasteiger partial charge in [-0.1, -0.05) is 100 Å². The summed E-state index contributed by atoms with van der Waals surface area (Å²) >= 11 is 26.1. The van der Waals surface area contributed by atoms with Crippen LogP contribution >= 0.6 is 57.7 Å². The SMILES string of the molecule is O=C(Nc1nc2ccccc2s1)C(Cc1ccccc1)N1C(=O)c2c(Cl)c(Cl)c(Cl)c(Cl)c2C1=O. The lowest BCUT2D eigenvalue weighted by Crippen LogP contribution is -2.48. The van der Waals surface area contributed by atoms with E-state index in [2.05, 4.69) is 10.3 Å². The highest BCUT2D eigenvalue weighted by atomic mass is 35.5. The lowest BCUT2D eigenvalue weighted by Gasteiger charge is -2.25. The van der Waals surface area contributed by atoms with Gasteiger partial charge in [-0.05, 0) is 17.7 Å². The van der Waals surface area contributed by atoms with Crippen LogP contribution in [-0.4, -0.2) is 33.6 Å². The molecule has 2 heterocycles. The number of hydrogen-bond acceptors (Lipinski definition) is 5. The maximum atomic E-state index is 13.5. The molecule has 4 aromatic rings. The summed E-state index contributed by atoms with van der Waals surface area (Å²) < 4.78 is 0.881. The Balaban J connectivity index is 1.55. The molecule has 3 aromatic carbocycles. The number of amides is 3. The van der Waals surface area contributed by atoms with Gasteiger partial charge in [-0.15, -0.1) is 0 Å². The predicted octanol–water partition coefficient (Wildman–Crippen LogP) is 6.76. The molecule has 6 nitrogen and oxygen atoms in total. The first kappa shape index (κ1) is 24.0. The fraction of sp³-hybridized carbons (Fsp3) is 0.0833. The molecule has 0 spiro atoms. The minimum atomic E-state index is -1.22. The van der Waals surface area contributed by atoms with Crippen LogP contribution in [0.25, 0.3) is 10.2 Å². The summed E-state index contributed by atoms with van der Waals surface area (Å²) in [6.45, 7) is 0. The van der Waals surface area contributed by atoms with Crippen LogP contribution in [0, 0.1) is 0 Å². The maximum Gasteiger partial charge on any atom is 0.263 e. The summed E-state index contributed by atoms with van der Waals surface area (Å²) in [6, 6.07) is 15.2. The molecule has 0 radical (unpaired) electrons. The van der Waals surface area contributed by atoms with Gasteiger partial charge in [-0.2, -0.15) is 0 Å². The summed E-state index contributed by atoms with van der Waals surface area (Å²) in [5, 5.41) is 2.43. The van der Waals surface area contributed by atoms with Crippen LogP contribution in [-0.2, 0) is 11.2 Å². The molecule has 1 aliphatic heterocycles. The first-order valence-corrected chi connectivity index (χ1v) is 12.5. The van der Waals surface area contributed by atoms with Gasteiger partial charge in [-0.25, -0.2) is 4.98 Å². The number of nitrogens with one attached hydrogen (secondary N) is 1. The lowest BCUT2D eigenvalue weighted by atomic mass is 10.0. The first-order valence-electron chi connectivity index (χ1n) is 10.2. The van der Waals surface area contributed by atoms with Crippen molar-refractivity contribution in [3.05, 3.63) is 91.4 Å². The average molecular weight is 565 g/mol. The van der Waals surface area contributed by atoms with E-state index in [0.29, 0.717) is 5.13 Å². The van der Waals surface area contributed by atoms with Gasteiger partial charge in [0.15, 0.2) is 5.13 Å². The molecule has 35 heavy (non-hydrogen) atoms. The number of thiazole rings is 1. The summed E-state index contributed by atoms with van der Waals surface area (Å²) in [7, 11) is 0. The van der Waals surface area contributed by atoms with Crippen molar-refractivity contribution in [3.8, 4) is 0 Å². The molecule has 0 saturated heterocycles. The number of anilines is 1. The van der Waals surface area contributed by atoms with Crippen molar-refractivity contribution >= 4 is 90.8 Å². The molecular weight excluding hydrogens is 552 g/mol. The number of nitrogens with zero attached hydrogens (tertiary/aromatic N) is 2. The third kappa shape index (κ3) is 4.17. The van der Waals surface area contributed by atoms with Crippen molar-refractivity contribution < 1.29 is 14.4 Å². The Morgan fingerprint density at radius 1 is 0.857 bits per heavy atom. The van der Waals surface area contributed by atoms with Crippen molar-refractivity contribution in [2.75, 3.05) is 5.32 Å². The normalized spacial score (nSPS) is 13.9. The summed E-state index contributed by atoms with van der Waals surface area (Å²) in [5.74, 6) is -2.15. The van der Waals surface area contributed by atoms with E-state index in [1.165, 1.54) is 11.3 Å². The second-order valence-electron chi connectivity index (χ2n) is 7.67. The molecule has 3 amide bonds. The largest absolute Gasteiger partial charge is 0.300 e. The minimum Gasteiger partial charge on any atom is -0.300 e. The Bertz CT molecular complexity index is 1440. The van der Waals surface area contributed by atoms with E-state index in [9.17, 15) is 14.4 Å². The van der Waals surface area contributed by atoms with Crippen molar-refractivity contribution in [2.45, 2.75) is 12.5 Å². The molecular formula is C24H13Cl4N3O3S. The highest BCUT2D eigenvalue weighted by molar-refractivity contribution is 7.22. The number of fused-ring (bicyclic) bond motifs is 2. The smallest absolute Gasteiger partial charge is 0.263 e. The number of aromatic nitrogens is 1. The van der Waals surface area contributed by atoms with Gasteiger partial charge >= 0.3 is 0 Å². The van der Waals surface area contributed by atoms with E-state index in [0.717, 1.165) is 20.7 Å². The van der Waals surface area contributed by atoms with Crippen LogP contribution in [0.4, 0.5) is 5.13 Å². The number of carbonyl (C=O) groups excluding carboxylic acids is 3. The van der Waals surface area contributed by atoms with Crippen LogP contribution in [0.15, 0.2) is 54.6 Å². The summed E-state index contributed by atoms with van der Waals surface area (Å²) in [4.78, 5) is 45.7. The van der Waals surface area contributed by atoms with Gasteiger partial charge in [0.05, 0.1) is 41.4 Å². The van der Waals surface area contributed by atoms with Crippen LogP contribution in [0.5, 0.6) is 0 Å². The number of hydrogen-bond donors (Lipinski definition) is 1. The fourth-order valence-corrected chi connectivity index (χ4v) is 5.79. The molecule has 0 aliphatic carbocycles. The van der Waals surface area contributed by atoms with Gasteiger partial charge in [0.2, 0.25) is 5.91 Å². The van der Waals surface area contributed by atoms with E-state index < -0.39 is 23.8 Å². The van der Waals surface area contributed by atoms with E-state index in [-0.39, 0.29) is 37.6 Å². The molecule has 1 N–H and O–H groups in total. The Morgan fingerprint density at radius 2 is 1.43 bits per heavy atom. The first-order chi connectivity index (χ1) is 16.8. The van der Waals surface area contributed by atoms with Crippen molar-refractivity contribution in [1.82, 2.24) is 9.88 Å². The third-order valence-electron chi connectivity index (χ3n) is 5.54. The molecule has 0 saturated carbocycles. The van der Waals surface area contributed by atoms with Crippen LogP contribution < -0.4 is 5.32 Å². The van der Waals surface area contributed by atoms with Gasteiger partial charge in [-0.3, -0.25) is 19.3 Å². The van der Waals surface area contributed by atoms with E-state index in [1.807, 2.05) is 30.3 Å². The molecule has 1 aliphatic rings. The number of imide groups is 1. The highest BCUT2D eigenvalue weighted by Gasteiger charge is 2.46. The Hall–Kier alpha value is -2.68. The van der Waals surface area contributed by atoms with Crippen LogP contribution in [0.1, 0.15) is 26.3 Å². The molecule has 11 heteroatoms. The average Bonchev–Trinajstić information content (AvgIpc) is 3.37. The zero-order valence-electron chi connectivity index (χ0n) is 17.5. The topological polar surface area (TPSA) is 79.4 Å². The van der Waals surface area contributed by atoms with Gasteiger partial charge in [0, 0.05) is 6.42 Å². The van der Waals surface area contributed by atoms with Crippen LogP contribution in [0.3, 0.4) is 0 Å². The maximum absolute atomic E-state index is 13.5. The number of rotatable bonds is 5. The monoisotopic (exact) mass is 563 g/mol. The van der Waals surface area contributed by atoms with E-state index >= 15 is 0 Å². The van der Waals surface area contributed by atoms with Crippen molar-refractivity contribution in [2.24, 2.45) is 0 Å². The molecule has 1 atom stereocenters. The quantitative estimate of drug-likeness (QED) is 0.165. The fourth-order valence-electron chi connectivity index (χ4n) is 3.90. The number of para-hydroxylation sites is 1. The van der Waals surface area contributed by atoms with Gasteiger partial charge in [0.1, 0.15) is 6.04 Å².